The van der Waals surface area contributed by atoms with Crippen LogP contribution in [0.15, 0.2) is 24.3 Å². The van der Waals surface area contributed by atoms with E-state index in [-0.39, 0.29) is 0 Å². The Balaban J connectivity index is 1.68. The molecule has 0 saturated carbocycles. The predicted molar refractivity (Wildman–Crippen MR) is 73.4 cm³/mol. The van der Waals surface area contributed by atoms with Crippen LogP contribution in [-0.2, 0) is 12.7 Å². The molecule has 0 aliphatic carbocycles. The minimum absolute atomic E-state index is 0.490. The fourth-order valence-electron chi connectivity index (χ4n) is 2.52. The molecule has 0 radical (unpaired) electrons. The summed E-state index contributed by atoms with van der Waals surface area (Å²) in [6.45, 7) is 4.79. The minimum Gasteiger partial charge on any atom is -0.313 e. The molecule has 1 N–H and O–H groups in total. The molecule has 1 aromatic carbocycles. The monoisotopic (exact) mass is 286 g/mol. The van der Waals surface area contributed by atoms with Crippen LogP contribution in [0.5, 0.6) is 0 Å². The highest BCUT2D eigenvalue weighted by Gasteiger charge is 2.30. The quantitative estimate of drug-likeness (QED) is 0.807. The van der Waals surface area contributed by atoms with Gasteiger partial charge in [0.05, 0.1) is 5.56 Å². The van der Waals surface area contributed by atoms with Gasteiger partial charge in [0, 0.05) is 6.54 Å². The van der Waals surface area contributed by atoms with E-state index >= 15 is 0 Å². The highest BCUT2D eigenvalue weighted by Crippen LogP contribution is 2.29. The van der Waals surface area contributed by atoms with Crippen molar-refractivity contribution in [3.63, 3.8) is 0 Å². The van der Waals surface area contributed by atoms with E-state index in [0.717, 1.165) is 25.6 Å². The second-order valence-electron chi connectivity index (χ2n) is 5.28. The first-order valence-corrected chi connectivity index (χ1v) is 7.15. The Morgan fingerprint density at radius 1 is 1.15 bits per heavy atom. The van der Waals surface area contributed by atoms with Gasteiger partial charge in [-0.3, -0.25) is 0 Å². The van der Waals surface area contributed by atoms with Crippen LogP contribution in [0.3, 0.4) is 0 Å². The smallest absolute Gasteiger partial charge is 0.313 e. The van der Waals surface area contributed by atoms with Crippen molar-refractivity contribution in [2.24, 2.45) is 0 Å². The molecular formula is C15H21F3N2. The van der Waals surface area contributed by atoms with Crippen LogP contribution in [0.4, 0.5) is 13.2 Å². The molecule has 5 heteroatoms. The Labute approximate surface area is 118 Å². The number of benzene rings is 1. The highest BCUT2D eigenvalue weighted by molar-refractivity contribution is 5.25. The third kappa shape index (κ3) is 4.80. The molecule has 1 fully saturated rings. The van der Waals surface area contributed by atoms with E-state index in [2.05, 4.69) is 10.2 Å². The van der Waals surface area contributed by atoms with E-state index in [0.29, 0.717) is 12.1 Å². The fraction of sp³-hybridized carbons (Fsp3) is 0.600. The van der Waals surface area contributed by atoms with Gasteiger partial charge >= 0.3 is 6.18 Å². The van der Waals surface area contributed by atoms with Crippen molar-refractivity contribution in [3.8, 4) is 0 Å². The largest absolute Gasteiger partial charge is 0.416 e. The van der Waals surface area contributed by atoms with Crippen LogP contribution in [0.1, 0.15) is 30.4 Å². The molecule has 1 aliphatic rings. The lowest BCUT2D eigenvalue weighted by Crippen LogP contribution is -2.24. The number of likely N-dealkylation sites (tertiary alicyclic amines) is 1. The predicted octanol–water partition coefficient (Wildman–Crippen LogP) is 3.28. The zero-order valence-corrected chi connectivity index (χ0v) is 11.5. The number of rotatable bonds is 6. The SMILES string of the molecule is FC(F)(F)c1cccc(CNCCCN2CCCC2)c1. The highest BCUT2D eigenvalue weighted by atomic mass is 19.4. The molecule has 2 rings (SSSR count). The maximum Gasteiger partial charge on any atom is 0.416 e. The summed E-state index contributed by atoms with van der Waals surface area (Å²) in [4.78, 5) is 2.44. The molecule has 1 aliphatic heterocycles. The molecule has 1 heterocycles. The fourth-order valence-corrected chi connectivity index (χ4v) is 2.52. The molecule has 0 aromatic heterocycles. The molecular weight excluding hydrogens is 265 g/mol. The maximum absolute atomic E-state index is 12.6. The Bertz CT molecular complexity index is 412. The van der Waals surface area contributed by atoms with Gasteiger partial charge in [0.25, 0.3) is 0 Å². The van der Waals surface area contributed by atoms with Gasteiger partial charge in [-0.05, 0) is 57.1 Å². The normalized spacial score (nSPS) is 16.8. The van der Waals surface area contributed by atoms with Crippen LogP contribution < -0.4 is 5.32 Å². The Morgan fingerprint density at radius 2 is 1.90 bits per heavy atom. The van der Waals surface area contributed by atoms with Crippen LogP contribution in [0, 0.1) is 0 Å². The van der Waals surface area contributed by atoms with E-state index in [4.69, 9.17) is 0 Å². The second-order valence-corrected chi connectivity index (χ2v) is 5.28. The zero-order valence-electron chi connectivity index (χ0n) is 11.5. The van der Waals surface area contributed by atoms with Crippen molar-refractivity contribution in [3.05, 3.63) is 35.4 Å². The molecule has 112 valence electrons. The Hall–Kier alpha value is -1.07. The summed E-state index contributed by atoms with van der Waals surface area (Å²) in [5.41, 5.74) is 0.106. The topological polar surface area (TPSA) is 15.3 Å². The summed E-state index contributed by atoms with van der Waals surface area (Å²) in [5.74, 6) is 0. The summed E-state index contributed by atoms with van der Waals surface area (Å²) >= 11 is 0. The number of halogens is 3. The average molecular weight is 286 g/mol. The van der Waals surface area contributed by atoms with Gasteiger partial charge in [-0.1, -0.05) is 18.2 Å². The van der Waals surface area contributed by atoms with E-state index < -0.39 is 11.7 Å². The number of nitrogens with zero attached hydrogens (tertiary/aromatic N) is 1. The van der Waals surface area contributed by atoms with E-state index in [1.165, 1.54) is 38.1 Å². The van der Waals surface area contributed by atoms with Gasteiger partial charge in [-0.25, -0.2) is 0 Å². The van der Waals surface area contributed by atoms with Crippen molar-refractivity contribution in [2.75, 3.05) is 26.2 Å². The van der Waals surface area contributed by atoms with Crippen molar-refractivity contribution >= 4 is 0 Å². The molecule has 1 saturated heterocycles. The number of hydrogen-bond donors (Lipinski definition) is 1. The molecule has 2 nitrogen and oxygen atoms in total. The molecule has 0 spiro atoms. The summed E-state index contributed by atoms with van der Waals surface area (Å²) in [6, 6.07) is 5.51. The first-order chi connectivity index (χ1) is 9.55. The number of nitrogens with one attached hydrogen (secondary N) is 1. The third-order valence-electron chi connectivity index (χ3n) is 3.61. The molecule has 0 atom stereocenters. The lowest BCUT2D eigenvalue weighted by atomic mass is 10.1. The van der Waals surface area contributed by atoms with Gasteiger partial charge in [0.2, 0.25) is 0 Å². The summed E-state index contributed by atoms with van der Waals surface area (Å²) in [7, 11) is 0. The summed E-state index contributed by atoms with van der Waals surface area (Å²) in [5, 5.41) is 3.21. The van der Waals surface area contributed by atoms with Crippen LogP contribution in [0.25, 0.3) is 0 Å². The third-order valence-corrected chi connectivity index (χ3v) is 3.61. The van der Waals surface area contributed by atoms with Crippen molar-refractivity contribution in [1.29, 1.82) is 0 Å². The second kappa shape index (κ2) is 7.09. The van der Waals surface area contributed by atoms with Crippen molar-refractivity contribution in [1.82, 2.24) is 10.2 Å². The first kappa shape index (κ1) is 15.3. The Morgan fingerprint density at radius 3 is 2.60 bits per heavy atom. The average Bonchev–Trinajstić information content (AvgIpc) is 2.91. The van der Waals surface area contributed by atoms with Crippen molar-refractivity contribution in [2.45, 2.75) is 32.0 Å². The summed E-state index contributed by atoms with van der Waals surface area (Å²) in [6.07, 6.45) is -0.639. The van der Waals surface area contributed by atoms with Gasteiger partial charge in [-0.15, -0.1) is 0 Å². The van der Waals surface area contributed by atoms with E-state index in [9.17, 15) is 13.2 Å². The summed E-state index contributed by atoms with van der Waals surface area (Å²) < 4.78 is 37.7. The van der Waals surface area contributed by atoms with Crippen LogP contribution in [0.2, 0.25) is 0 Å². The van der Waals surface area contributed by atoms with Gasteiger partial charge < -0.3 is 10.2 Å². The Kier molecular flexibility index (Phi) is 5.43. The maximum atomic E-state index is 12.6. The first-order valence-electron chi connectivity index (χ1n) is 7.15. The van der Waals surface area contributed by atoms with Gasteiger partial charge in [-0.2, -0.15) is 13.2 Å². The molecule has 0 amide bonds. The van der Waals surface area contributed by atoms with E-state index in [1.54, 1.807) is 6.07 Å². The van der Waals surface area contributed by atoms with Crippen LogP contribution >= 0.6 is 0 Å². The van der Waals surface area contributed by atoms with Crippen LogP contribution in [-0.4, -0.2) is 31.1 Å². The number of alkyl halides is 3. The molecule has 0 unspecified atom stereocenters. The van der Waals surface area contributed by atoms with E-state index in [1.807, 2.05) is 0 Å². The van der Waals surface area contributed by atoms with Gasteiger partial charge in [0.15, 0.2) is 0 Å². The van der Waals surface area contributed by atoms with Crippen molar-refractivity contribution < 1.29 is 13.2 Å². The molecule has 1 aromatic rings. The zero-order chi connectivity index (χ0) is 14.4. The standard InChI is InChI=1S/C15H21F3N2/c16-15(17,18)14-6-3-5-13(11-14)12-19-7-4-10-20-8-1-2-9-20/h3,5-6,11,19H,1-2,4,7-10,12H2. The molecule has 0 bridgehead atoms. The minimum atomic E-state index is -4.26. The number of hydrogen-bond acceptors (Lipinski definition) is 2. The van der Waals surface area contributed by atoms with Gasteiger partial charge in [0.1, 0.15) is 0 Å². The lowest BCUT2D eigenvalue weighted by molar-refractivity contribution is -0.137. The lowest BCUT2D eigenvalue weighted by Gasteiger charge is -2.14. The molecule has 20 heavy (non-hydrogen) atoms.